The molecule has 0 radical (unpaired) electrons. The van der Waals surface area contributed by atoms with Crippen LogP contribution in [-0.2, 0) is 16.1 Å². The maximum atomic E-state index is 12.7. The zero-order chi connectivity index (χ0) is 21.3. The fourth-order valence-electron chi connectivity index (χ4n) is 2.78. The number of nitrogens with one attached hydrogen (secondary N) is 2. The molecule has 0 saturated heterocycles. The van der Waals surface area contributed by atoms with Crippen LogP contribution in [0.3, 0.4) is 0 Å². The van der Waals surface area contributed by atoms with Gasteiger partial charge in [-0.3, -0.25) is 4.79 Å². The second-order valence-corrected chi connectivity index (χ2v) is 8.70. The van der Waals surface area contributed by atoms with Gasteiger partial charge < -0.3 is 24.8 Å². The Morgan fingerprint density at radius 2 is 1.80 bits per heavy atom. The highest BCUT2D eigenvalue weighted by Crippen LogP contribution is 2.30. The smallest absolute Gasteiger partial charge is 0.408 e. The maximum absolute atomic E-state index is 12.7. The molecule has 30 heavy (non-hydrogen) atoms. The van der Waals surface area contributed by atoms with Crippen molar-refractivity contribution in [3.05, 3.63) is 60.2 Å². The van der Waals surface area contributed by atoms with Crippen LogP contribution in [-0.4, -0.2) is 41.9 Å². The van der Waals surface area contributed by atoms with Crippen molar-refractivity contribution in [2.45, 2.75) is 37.2 Å². The first-order valence-electron chi connectivity index (χ1n) is 9.80. The van der Waals surface area contributed by atoms with E-state index in [1.807, 2.05) is 68.4 Å². The predicted octanol–water partition coefficient (Wildman–Crippen LogP) is 3.34. The first-order valence-corrected chi connectivity index (χ1v) is 10.7. The lowest BCUT2D eigenvalue weighted by atomic mass is 10.2. The van der Waals surface area contributed by atoms with Gasteiger partial charge in [-0.05, 0) is 17.7 Å². The molecule has 2 unspecified atom stereocenters. The molecule has 7 nitrogen and oxygen atoms in total. The Labute approximate surface area is 180 Å². The van der Waals surface area contributed by atoms with E-state index >= 15 is 0 Å². The third-order valence-electron chi connectivity index (χ3n) is 4.18. The number of benzene rings is 2. The molecule has 0 spiro atoms. The average molecular weight is 431 g/mol. The molecule has 0 aromatic heterocycles. The van der Waals surface area contributed by atoms with Crippen molar-refractivity contribution in [3.63, 3.8) is 0 Å². The summed E-state index contributed by atoms with van der Waals surface area (Å²) in [6.45, 7) is 4.66. The molecule has 0 saturated carbocycles. The fraction of sp³-hybridized carbons (Fsp3) is 0.364. The van der Waals surface area contributed by atoms with Crippen LogP contribution in [0.15, 0.2) is 54.6 Å². The van der Waals surface area contributed by atoms with E-state index < -0.39 is 11.5 Å². The summed E-state index contributed by atoms with van der Waals surface area (Å²) in [7, 11) is 0. The van der Waals surface area contributed by atoms with Gasteiger partial charge in [0.2, 0.25) is 0 Å². The standard InChI is InChI=1S/C22H26N2O5S/c1-15(2)30-21(24-22(26)28-13-16-8-4-3-5-9-16)20(25)23-12-17-14-27-18-10-6-7-11-19(18)29-17/h3-11,15,17,21H,12-14H2,1-2H3,(H,23,25)(H,24,26). The van der Waals surface area contributed by atoms with Crippen LogP contribution in [0.2, 0.25) is 0 Å². The largest absolute Gasteiger partial charge is 0.486 e. The van der Waals surface area contributed by atoms with E-state index in [2.05, 4.69) is 10.6 Å². The lowest BCUT2D eigenvalue weighted by Gasteiger charge is -2.27. The zero-order valence-corrected chi connectivity index (χ0v) is 17.8. The molecule has 8 heteroatoms. The Kier molecular flexibility index (Phi) is 7.84. The van der Waals surface area contributed by atoms with Crippen LogP contribution in [0, 0.1) is 0 Å². The molecule has 2 aromatic rings. The van der Waals surface area contributed by atoms with Crippen molar-refractivity contribution < 1.29 is 23.8 Å². The SMILES string of the molecule is CC(C)SC(NC(=O)OCc1ccccc1)C(=O)NCC1COc2ccccc2O1. The van der Waals surface area contributed by atoms with Crippen molar-refractivity contribution in [2.24, 2.45) is 0 Å². The summed E-state index contributed by atoms with van der Waals surface area (Å²) in [4.78, 5) is 24.9. The van der Waals surface area contributed by atoms with Gasteiger partial charge in [0.1, 0.15) is 19.3 Å². The average Bonchev–Trinajstić information content (AvgIpc) is 2.76. The van der Waals surface area contributed by atoms with Crippen LogP contribution in [0.1, 0.15) is 19.4 Å². The summed E-state index contributed by atoms with van der Waals surface area (Å²) < 4.78 is 16.7. The van der Waals surface area contributed by atoms with Crippen molar-refractivity contribution in [1.82, 2.24) is 10.6 Å². The van der Waals surface area contributed by atoms with Crippen molar-refractivity contribution in [1.29, 1.82) is 0 Å². The molecule has 1 aliphatic heterocycles. The molecule has 2 atom stereocenters. The third-order valence-corrected chi connectivity index (χ3v) is 5.33. The van der Waals surface area contributed by atoms with E-state index in [9.17, 15) is 9.59 Å². The van der Waals surface area contributed by atoms with Crippen LogP contribution in [0.4, 0.5) is 4.79 Å². The molecule has 0 bridgehead atoms. The molecule has 2 aromatic carbocycles. The second-order valence-electron chi connectivity index (χ2n) is 7.01. The van der Waals surface area contributed by atoms with Gasteiger partial charge in [0.15, 0.2) is 16.9 Å². The second kappa shape index (κ2) is 10.8. The highest BCUT2D eigenvalue weighted by molar-refractivity contribution is 8.01. The van der Waals surface area contributed by atoms with Crippen LogP contribution in [0.5, 0.6) is 11.5 Å². The summed E-state index contributed by atoms with van der Waals surface area (Å²) in [5.41, 5.74) is 0.875. The van der Waals surface area contributed by atoms with Gasteiger partial charge in [0.05, 0.1) is 6.54 Å². The molecule has 0 aliphatic carbocycles. The van der Waals surface area contributed by atoms with E-state index in [1.165, 1.54) is 11.8 Å². The van der Waals surface area contributed by atoms with Crippen molar-refractivity contribution >= 4 is 23.8 Å². The Morgan fingerprint density at radius 3 is 2.53 bits per heavy atom. The Hall–Kier alpha value is -2.87. The van der Waals surface area contributed by atoms with Gasteiger partial charge in [-0.15, -0.1) is 11.8 Å². The van der Waals surface area contributed by atoms with E-state index in [4.69, 9.17) is 14.2 Å². The van der Waals surface area contributed by atoms with Gasteiger partial charge in [-0.1, -0.05) is 56.3 Å². The van der Waals surface area contributed by atoms with Gasteiger partial charge in [0.25, 0.3) is 5.91 Å². The normalized spacial score (nSPS) is 15.9. The molecule has 2 amide bonds. The lowest BCUT2D eigenvalue weighted by Crippen LogP contribution is -2.49. The van der Waals surface area contributed by atoms with Crippen LogP contribution in [0.25, 0.3) is 0 Å². The highest BCUT2D eigenvalue weighted by atomic mass is 32.2. The van der Waals surface area contributed by atoms with E-state index in [0.29, 0.717) is 18.1 Å². The Morgan fingerprint density at radius 1 is 1.10 bits per heavy atom. The van der Waals surface area contributed by atoms with Crippen molar-refractivity contribution in [3.8, 4) is 11.5 Å². The number of amides is 2. The number of thioether (sulfide) groups is 1. The first-order chi connectivity index (χ1) is 14.5. The summed E-state index contributed by atoms with van der Waals surface area (Å²) in [6.07, 6.45) is -0.947. The highest BCUT2D eigenvalue weighted by Gasteiger charge is 2.26. The fourth-order valence-corrected chi connectivity index (χ4v) is 3.69. The number of fused-ring (bicyclic) bond motifs is 1. The quantitative estimate of drug-likeness (QED) is 0.625. The van der Waals surface area contributed by atoms with Gasteiger partial charge in [-0.2, -0.15) is 0 Å². The Balaban J connectivity index is 1.49. The zero-order valence-electron chi connectivity index (χ0n) is 17.0. The minimum Gasteiger partial charge on any atom is -0.486 e. The topological polar surface area (TPSA) is 85.9 Å². The molecule has 1 heterocycles. The molecule has 3 rings (SSSR count). The van der Waals surface area contributed by atoms with Crippen LogP contribution < -0.4 is 20.1 Å². The third kappa shape index (κ3) is 6.59. The summed E-state index contributed by atoms with van der Waals surface area (Å²) in [5, 5.41) is 4.83. The lowest BCUT2D eigenvalue weighted by molar-refractivity contribution is -0.121. The molecular weight excluding hydrogens is 404 g/mol. The molecule has 2 N–H and O–H groups in total. The van der Waals surface area contributed by atoms with E-state index in [-0.39, 0.29) is 30.4 Å². The molecule has 1 aliphatic rings. The number of para-hydroxylation sites is 2. The predicted molar refractivity (Wildman–Crippen MR) is 116 cm³/mol. The number of ether oxygens (including phenoxy) is 3. The molecule has 0 fully saturated rings. The first kappa shape index (κ1) is 21.8. The number of rotatable bonds is 8. The van der Waals surface area contributed by atoms with E-state index in [0.717, 1.165) is 5.56 Å². The maximum Gasteiger partial charge on any atom is 0.408 e. The summed E-state index contributed by atoms with van der Waals surface area (Å²) in [6, 6.07) is 16.8. The van der Waals surface area contributed by atoms with Gasteiger partial charge in [0, 0.05) is 5.25 Å². The van der Waals surface area contributed by atoms with Gasteiger partial charge in [-0.25, -0.2) is 4.79 Å². The Bertz CT molecular complexity index is 846. The van der Waals surface area contributed by atoms with Crippen molar-refractivity contribution in [2.75, 3.05) is 13.2 Å². The number of carbonyl (C=O) groups is 2. The minimum atomic E-state index is -0.773. The molecular formula is C22H26N2O5S. The van der Waals surface area contributed by atoms with E-state index in [1.54, 1.807) is 0 Å². The summed E-state index contributed by atoms with van der Waals surface area (Å²) in [5.74, 6) is 1.03. The van der Waals surface area contributed by atoms with Crippen LogP contribution >= 0.6 is 11.8 Å². The van der Waals surface area contributed by atoms with Gasteiger partial charge >= 0.3 is 6.09 Å². The summed E-state index contributed by atoms with van der Waals surface area (Å²) >= 11 is 1.34. The number of hydrogen-bond acceptors (Lipinski definition) is 6. The minimum absolute atomic E-state index is 0.135. The molecule has 160 valence electrons. The number of carbonyl (C=O) groups excluding carboxylic acids is 2. The monoisotopic (exact) mass is 430 g/mol. The number of alkyl carbamates (subject to hydrolysis) is 1. The number of hydrogen-bond donors (Lipinski definition) is 2.